The Morgan fingerprint density at radius 1 is 1.33 bits per heavy atom. The van der Waals surface area contributed by atoms with Crippen molar-refractivity contribution >= 4 is 0 Å². The third-order valence-corrected chi connectivity index (χ3v) is 2.25. The molecule has 0 aromatic rings. The minimum atomic E-state index is 0.259. The molecule has 0 amide bonds. The SMILES string of the molecule is CCCC(C)CN[C@H](CC)CO. The van der Waals surface area contributed by atoms with Crippen LogP contribution in [-0.4, -0.2) is 24.3 Å². The maximum atomic E-state index is 8.91. The van der Waals surface area contributed by atoms with Crippen molar-refractivity contribution in [3.63, 3.8) is 0 Å². The summed E-state index contributed by atoms with van der Waals surface area (Å²) in [6, 6.07) is 0.296. The summed E-state index contributed by atoms with van der Waals surface area (Å²) in [5.74, 6) is 0.732. The number of rotatable bonds is 7. The lowest BCUT2D eigenvalue weighted by Crippen LogP contribution is -2.34. The lowest BCUT2D eigenvalue weighted by atomic mass is 10.1. The van der Waals surface area contributed by atoms with Crippen LogP contribution >= 0.6 is 0 Å². The maximum Gasteiger partial charge on any atom is 0.0584 e. The molecule has 2 N–H and O–H groups in total. The Kier molecular flexibility index (Phi) is 7.51. The van der Waals surface area contributed by atoms with Crippen LogP contribution in [0, 0.1) is 5.92 Å². The van der Waals surface area contributed by atoms with Gasteiger partial charge in [0.05, 0.1) is 6.61 Å². The minimum Gasteiger partial charge on any atom is -0.395 e. The summed E-state index contributed by atoms with van der Waals surface area (Å²) in [5.41, 5.74) is 0. The van der Waals surface area contributed by atoms with Gasteiger partial charge in [0.1, 0.15) is 0 Å². The highest BCUT2D eigenvalue weighted by Crippen LogP contribution is 2.03. The molecule has 0 aliphatic rings. The molecular weight excluding hydrogens is 150 g/mol. The van der Waals surface area contributed by atoms with Crippen molar-refractivity contribution in [1.29, 1.82) is 0 Å². The maximum absolute atomic E-state index is 8.91. The van der Waals surface area contributed by atoms with Crippen LogP contribution in [0.3, 0.4) is 0 Å². The summed E-state index contributed by atoms with van der Waals surface area (Å²) in [6.07, 6.45) is 3.53. The van der Waals surface area contributed by atoms with Gasteiger partial charge in [-0.2, -0.15) is 0 Å². The van der Waals surface area contributed by atoms with E-state index in [2.05, 4.69) is 26.1 Å². The quantitative estimate of drug-likeness (QED) is 0.615. The highest BCUT2D eigenvalue weighted by atomic mass is 16.3. The zero-order chi connectivity index (χ0) is 9.40. The van der Waals surface area contributed by atoms with Crippen LogP contribution in [0.4, 0.5) is 0 Å². The average Bonchev–Trinajstić information content (AvgIpc) is 2.07. The molecular formula is C10H23NO. The van der Waals surface area contributed by atoms with Gasteiger partial charge in [-0.1, -0.05) is 27.2 Å². The van der Waals surface area contributed by atoms with Crippen molar-refractivity contribution in [2.24, 2.45) is 5.92 Å². The monoisotopic (exact) mass is 173 g/mol. The number of aliphatic hydroxyl groups excluding tert-OH is 1. The number of hydrogen-bond acceptors (Lipinski definition) is 2. The third-order valence-electron chi connectivity index (χ3n) is 2.25. The van der Waals surface area contributed by atoms with E-state index in [0.29, 0.717) is 6.04 Å². The minimum absolute atomic E-state index is 0.259. The lowest BCUT2D eigenvalue weighted by Gasteiger charge is -2.17. The van der Waals surface area contributed by atoms with Crippen molar-refractivity contribution in [3.8, 4) is 0 Å². The fourth-order valence-electron chi connectivity index (χ4n) is 1.30. The Morgan fingerprint density at radius 3 is 2.42 bits per heavy atom. The topological polar surface area (TPSA) is 32.3 Å². The van der Waals surface area contributed by atoms with Crippen molar-refractivity contribution in [1.82, 2.24) is 5.32 Å². The van der Waals surface area contributed by atoms with Crippen LogP contribution in [0.25, 0.3) is 0 Å². The first-order valence-corrected chi connectivity index (χ1v) is 5.08. The standard InChI is InChI=1S/C10H23NO/c1-4-6-9(3)7-11-10(5-2)8-12/h9-12H,4-8H2,1-3H3/t9?,10-/m1/s1. The van der Waals surface area contributed by atoms with Gasteiger partial charge in [-0.25, -0.2) is 0 Å². The molecule has 0 saturated heterocycles. The van der Waals surface area contributed by atoms with Crippen molar-refractivity contribution < 1.29 is 5.11 Å². The Labute approximate surface area is 76.4 Å². The van der Waals surface area contributed by atoms with Gasteiger partial charge in [0, 0.05) is 6.04 Å². The van der Waals surface area contributed by atoms with E-state index in [1.165, 1.54) is 12.8 Å². The second-order valence-corrected chi connectivity index (χ2v) is 3.59. The second kappa shape index (κ2) is 7.56. The van der Waals surface area contributed by atoms with E-state index >= 15 is 0 Å². The molecule has 0 fully saturated rings. The molecule has 0 aliphatic carbocycles. The summed E-state index contributed by atoms with van der Waals surface area (Å²) < 4.78 is 0. The predicted molar refractivity (Wildman–Crippen MR) is 53.2 cm³/mol. The fourth-order valence-corrected chi connectivity index (χ4v) is 1.30. The molecule has 74 valence electrons. The summed E-state index contributed by atoms with van der Waals surface area (Å²) in [5, 5.41) is 12.3. The molecule has 1 unspecified atom stereocenters. The van der Waals surface area contributed by atoms with Gasteiger partial charge in [-0.3, -0.25) is 0 Å². The van der Waals surface area contributed by atoms with Crippen LogP contribution in [0.1, 0.15) is 40.0 Å². The molecule has 0 aromatic carbocycles. The number of aliphatic hydroxyl groups is 1. The van der Waals surface area contributed by atoms with Gasteiger partial charge in [0.2, 0.25) is 0 Å². The molecule has 12 heavy (non-hydrogen) atoms. The molecule has 0 spiro atoms. The van der Waals surface area contributed by atoms with Gasteiger partial charge in [0.15, 0.2) is 0 Å². The molecule has 2 atom stereocenters. The third kappa shape index (κ3) is 5.56. The van der Waals surface area contributed by atoms with E-state index in [9.17, 15) is 0 Å². The summed E-state index contributed by atoms with van der Waals surface area (Å²) in [6.45, 7) is 7.85. The molecule has 0 rings (SSSR count). The first kappa shape index (κ1) is 11.9. The Balaban J connectivity index is 3.37. The van der Waals surface area contributed by atoms with Gasteiger partial charge in [0.25, 0.3) is 0 Å². The molecule has 0 bridgehead atoms. The molecule has 0 aromatic heterocycles. The van der Waals surface area contributed by atoms with E-state index in [0.717, 1.165) is 18.9 Å². The van der Waals surface area contributed by atoms with Gasteiger partial charge < -0.3 is 10.4 Å². The second-order valence-electron chi connectivity index (χ2n) is 3.59. The van der Waals surface area contributed by atoms with Crippen LogP contribution in [-0.2, 0) is 0 Å². The van der Waals surface area contributed by atoms with Crippen molar-refractivity contribution in [2.45, 2.75) is 46.1 Å². The van der Waals surface area contributed by atoms with E-state index in [1.54, 1.807) is 0 Å². The van der Waals surface area contributed by atoms with Crippen LogP contribution in [0.2, 0.25) is 0 Å². The smallest absolute Gasteiger partial charge is 0.0584 e. The predicted octanol–water partition coefficient (Wildman–Crippen LogP) is 1.78. The van der Waals surface area contributed by atoms with E-state index in [-0.39, 0.29) is 6.61 Å². The van der Waals surface area contributed by atoms with Crippen LogP contribution in [0.15, 0.2) is 0 Å². The fraction of sp³-hybridized carbons (Fsp3) is 1.00. The molecule has 0 radical (unpaired) electrons. The number of hydrogen-bond donors (Lipinski definition) is 2. The first-order valence-electron chi connectivity index (χ1n) is 5.08. The van der Waals surface area contributed by atoms with Crippen molar-refractivity contribution in [2.75, 3.05) is 13.2 Å². The van der Waals surface area contributed by atoms with Crippen LogP contribution < -0.4 is 5.32 Å². The van der Waals surface area contributed by atoms with E-state index in [4.69, 9.17) is 5.11 Å². The Hall–Kier alpha value is -0.0800. The largest absolute Gasteiger partial charge is 0.395 e. The van der Waals surface area contributed by atoms with Crippen LogP contribution in [0.5, 0.6) is 0 Å². The lowest BCUT2D eigenvalue weighted by molar-refractivity contribution is 0.233. The Morgan fingerprint density at radius 2 is 2.00 bits per heavy atom. The molecule has 0 heterocycles. The molecule has 2 nitrogen and oxygen atoms in total. The summed E-state index contributed by atoms with van der Waals surface area (Å²) in [7, 11) is 0. The average molecular weight is 173 g/mol. The number of nitrogens with one attached hydrogen (secondary N) is 1. The summed E-state index contributed by atoms with van der Waals surface area (Å²) >= 11 is 0. The van der Waals surface area contributed by atoms with E-state index in [1.807, 2.05) is 0 Å². The zero-order valence-electron chi connectivity index (χ0n) is 8.64. The Bertz CT molecular complexity index is 91.8. The molecule has 0 aliphatic heterocycles. The van der Waals surface area contributed by atoms with Gasteiger partial charge in [-0.05, 0) is 25.3 Å². The van der Waals surface area contributed by atoms with Crippen molar-refractivity contribution in [3.05, 3.63) is 0 Å². The zero-order valence-corrected chi connectivity index (χ0v) is 8.64. The first-order chi connectivity index (χ1) is 5.74. The molecule has 0 saturated carbocycles. The highest BCUT2D eigenvalue weighted by Gasteiger charge is 2.05. The van der Waals surface area contributed by atoms with E-state index < -0.39 is 0 Å². The van der Waals surface area contributed by atoms with Gasteiger partial charge >= 0.3 is 0 Å². The molecule has 2 heteroatoms. The normalized spacial score (nSPS) is 16.0. The summed E-state index contributed by atoms with van der Waals surface area (Å²) in [4.78, 5) is 0. The highest BCUT2D eigenvalue weighted by molar-refractivity contribution is 4.65. The van der Waals surface area contributed by atoms with Gasteiger partial charge in [-0.15, -0.1) is 0 Å².